The summed E-state index contributed by atoms with van der Waals surface area (Å²) in [5.41, 5.74) is 6.94. The summed E-state index contributed by atoms with van der Waals surface area (Å²) in [5, 5.41) is 2.70. The quantitative estimate of drug-likeness (QED) is 0.788. The number of nitrogen functional groups attached to an aromatic ring is 1. The molecule has 2 atom stereocenters. The van der Waals surface area contributed by atoms with E-state index in [-0.39, 0.29) is 12.2 Å². The molecule has 0 aliphatic heterocycles. The van der Waals surface area contributed by atoms with E-state index in [1.54, 1.807) is 24.3 Å². The molecule has 0 aromatic heterocycles. The van der Waals surface area contributed by atoms with Gasteiger partial charge in [0.1, 0.15) is 6.10 Å². The zero-order chi connectivity index (χ0) is 13.0. The molecule has 1 fully saturated rings. The lowest BCUT2D eigenvalue weighted by Crippen LogP contribution is -2.27. The highest BCUT2D eigenvalue weighted by atomic mass is 16.6. The highest BCUT2D eigenvalue weighted by Crippen LogP contribution is 2.26. The molecule has 1 saturated carbocycles. The topological polar surface area (TPSA) is 64.3 Å². The normalized spacial score (nSPS) is 23.4. The highest BCUT2D eigenvalue weighted by Gasteiger charge is 2.22. The van der Waals surface area contributed by atoms with E-state index in [2.05, 4.69) is 12.2 Å². The zero-order valence-electron chi connectivity index (χ0n) is 10.7. The van der Waals surface area contributed by atoms with Crippen molar-refractivity contribution in [3.05, 3.63) is 24.3 Å². The van der Waals surface area contributed by atoms with Crippen molar-refractivity contribution in [2.75, 3.05) is 11.1 Å². The maximum absolute atomic E-state index is 11.7. The second-order valence-electron chi connectivity index (χ2n) is 5.05. The van der Waals surface area contributed by atoms with Crippen LogP contribution >= 0.6 is 0 Å². The zero-order valence-corrected chi connectivity index (χ0v) is 10.7. The molecular weight excluding hydrogens is 228 g/mol. The van der Waals surface area contributed by atoms with Gasteiger partial charge in [-0.15, -0.1) is 0 Å². The molecule has 4 nitrogen and oxygen atoms in total. The van der Waals surface area contributed by atoms with Crippen LogP contribution in [0.15, 0.2) is 24.3 Å². The van der Waals surface area contributed by atoms with Crippen LogP contribution in [0, 0.1) is 5.92 Å². The van der Waals surface area contributed by atoms with Crippen molar-refractivity contribution < 1.29 is 9.53 Å². The van der Waals surface area contributed by atoms with Gasteiger partial charge < -0.3 is 10.5 Å². The van der Waals surface area contributed by atoms with Crippen LogP contribution in [0.1, 0.15) is 32.6 Å². The number of nitrogens with one attached hydrogen (secondary N) is 1. The van der Waals surface area contributed by atoms with Crippen molar-refractivity contribution in [3.8, 4) is 0 Å². The Balaban J connectivity index is 1.85. The SMILES string of the molecule is CC1CCCC(OC(=O)Nc2cccc(N)c2)C1. The van der Waals surface area contributed by atoms with Crippen LogP contribution in [0.3, 0.4) is 0 Å². The van der Waals surface area contributed by atoms with Gasteiger partial charge in [-0.05, 0) is 43.4 Å². The summed E-state index contributed by atoms with van der Waals surface area (Å²) in [4.78, 5) is 11.7. The number of hydrogen-bond donors (Lipinski definition) is 2. The van der Waals surface area contributed by atoms with Gasteiger partial charge in [-0.2, -0.15) is 0 Å². The second kappa shape index (κ2) is 5.76. The first kappa shape index (κ1) is 12.7. The number of anilines is 2. The van der Waals surface area contributed by atoms with Gasteiger partial charge in [0.2, 0.25) is 0 Å². The molecular formula is C14H20N2O2. The molecule has 0 saturated heterocycles. The summed E-state index contributed by atoms with van der Waals surface area (Å²) < 4.78 is 5.41. The molecule has 1 amide bonds. The van der Waals surface area contributed by atoms with Crippen LogP contribution < -0.4 is 11.1 Å². The van der Waals surface area contributed by atoms with Crippen LogP contribution in [0.2, 0.25) is 0 Å². The Labute approximate surface area is 108 Å². The van der Waals surface area contributed by atoms with Gasteiger partial charge in [0.05, 0.1) is 0 Å². The third kappa shape index (κ3) is 3.65. The molecule has 1 aromatic carbocycles. The third-order valence-electron chi connectivity index (χ3n) is 3.30. The van der Waals surface area contributed by atoms with Gasteiger partial charge >= 0.3 is 6.09 Å². The van der Waals surface area contributed by atoms with Gasteiger partial charge in [-0.3, -0.25) is 5.32 Å². The van der Waals surface area contributed by atoms with Gasteiger partial charge in [0.15, 0.2) is 0 Å². The van der Waals surface area contributed by atoms with Crippen molar-refractivity contribution in [1.82, 2.24) is 0 Å². The van der Waals surface area contributed by atoms with E-state index >= 15 is 0 Å². The lowest BCUT2D eigenvalue weighted by Gasteiger charge is -2.26. The lowest BCUT2D eigenvalue weighted by molar-refractivity contribution is 0.0724. The molecule has 4 heteroatoms. The maximum atomic E-state index is 11.7. The Bertz CT molecular complexity index is 420. The number of benzene rings is 1. The van der Waals surface area contributed by atoms with Crippen molar-refractivity contribution >= 4 is 17.5 Å². The molecule has 18 heavy (non-hydrogen) atoms. The molecule has 1 aliphatic rings. The Morgan fingerprint density at radius 1 is 1.44 bits per heavy atom. The summed E-state index contributed by atoms with van der Waals surface area (Å²) in [5.74, 6) is 0.643. The molecule has 2 unspecified atom stereocenters. The third-order valence-corrected chi connectivity index (χ3v) is 3.30. The lowest BCUT2D eigenvalue weighted by atomic mass is 9.89. The van der Waals surface area contributed by atoms with Gasteiger partial charge in [0.25, 0.3) is 0 Å². The monoisotopic (exact) mass is 248 g/mol. The first-order valence-corrected chi connectivity index (χ1v) is 6.46. The number of ether oxygens (including phenoxy) is 1. The van der Waals surface area contributed by atoms with Crippen molar-refractivity contribution in [1.29, 1.82) is 0 Å². The average molecular weight is 248 g/mol. The summed E-state index contributed by atoms with van der Waals surface area (Å²) in [6.45, 7) is 2.20. The average Bonchev–Trinajstić information content (AvgIpc) is 2.28. The predicted molar refractivity (Wildman–Crippen MR) is 72.4 cm³/mol. The fourth-order valence-corrected chi connectivity index (χ4v) is 2.40. The number of amides is 1. The fourth-order valence-electron chi connectivity index (χ4n) is 2.40. The van der Waals surface area contributed by atoms with Crippen LogP contribution in [0.25, 0.3) is 0 Å². The van der Waals surface area contributed by atoms with Crippen molar-refractivity contribution in [2.24, 2.45) is 5.92 Å². The van der Waals surface area contributed by atoms with E-state index in [1.165, 1.54) is 6.42 Å². The van der Waals surface area contributed by atoms with Crippen molar-refractivity contribution in [2.45, 2.75) is 38.7 Å². The molecule has 0 radical (unpaired) electrons. The minimum atomic E-state index is -0.389. The number of rotatable bonds is 2. The first-order chi connectivity index (χ1) is 8.63. The second-order valence-corrected chi connectivity index (χ2v) is 5.05. The molecule has 3 N–H and O–H groups in total. The van der Waals surface area contributed by atoms with Gasteiger partial charge in [-0.1, -0.05) is 19.4 Å². The minimum Gasteiger partial charge on any atom is -0.446 e. The first-order valence-electron chi connectivity index (χ1n) is 6.46. The Hall–Kier alpha value is -1.71. The molecule has 98 valence electrons. The molecule has 1 aliphatic carbocycles. The van der Waals surface area contributed by atoms with E-state index in [1.807, 2.05) is 0 Å². The van der Waals surface area contributed by atoms with Crippen molar-refractivity contribution in [3.63, 3.8) is 0 Å². The van der Waals surface area contributed by atoms with Crippen LogP contribution in [0.4, 0.5) is 16.2 Å². The molecule has 0 heterocycles. The summed E-state index contributed by atoms with van der Waals surface area (Å²) in [6, 6.07) is 7.08. The van der Waals surface area contributed by atoms with E-state index in [0.29, 0.717) is 17.3 Å². The Morgan fingerprint density at radius 2 is 2.28 bits per heavy atom. The number of nitrogens with two attached hydrogens (primary N) is 1. The Kier molecular flexibility index (Phi) is 4.07. The summed E-state index contributed by atoms with van der Waals surface area (Å²) >= 11 is 0. The highest BCUT2D eigenvalue weighted by molar-refractivity contribution is 5.85. The summed E-state index contributed by atoms with van der Waals surface area (Å²) in [6.07, 6.45) is 3.96. The van der Waals surface area contributed by atoms with Crippen LogP contribution in [-0.4, -0.2) is 12.2 Å². The molecule has 2 rings (SSSR count). The van der Waals surface area contributed by atoms with E-state index < -0.39 is 0 Å². The van der Waals surface area contributed by atoms with E-state index in [0.717, 1.165) is 19.3 Å². The smallest absolute Gasteiger partial charge is 0.411 e. The van der Waals surface area contributed by atoms with Crippen LogP contribution in [0.5, 0.6) is 0 Å². The number of carbonyl (C=O) groups excluding carboxylic acids is 1. The number of hydrogen-bond acceptors (Lipinski definition) is 3. The fraction of sp³-hybridized carbons (Fsp3) is 0.500. The van der Waals surface area contributed by atoms with E-state index in [9.17, 15) is 4.79 Å². The predicted octanol–water partition coefficient (Wildman–Crippen LogP) is 3.40. The molecule has 0 spiro atoms. The van der Waals surface area contributed by atoms with Crippen LogP contribution in [-0.2, 0) is 4.74 Å². The minimum absolute atomic E-state index is 0.0507. The van der Waals surface area contributed by atoms with E-state index in [4.69, 9.17) is 10.5 Å². The Morgan fingerprint density at radius 3 is 3.00 bits per heavy atom. The van der Waals surface area contributed by atoms with Gasteiger partial charge in [-0.25, -0.2) is 4.79 Å². The largest absolute Gasteiger partial charge is 0.446 e. The molecule has 0 bridgehead atoms. The molecule has 1 aromatic rings. The van der Waals surface area contributed by atoms with Gasteiger partial charge in [0, 0.05) is 11.4 Å². The summed E-state index contributed by atoms with van der Waals surface area (Å²) in [7, 11) is 0. The number of carbonyl (C=O) groups is 1. The maximum Gasteiger partial charge on any atom is 0.411 e. The standard InChI is InChI=1S/C14H20N2O2/c1-10-4-2-7-13(8-10)18-14(17)16-12-6-3-5-11(15)9-12/h3,5-6,9-10,13H,2,4,7-8,15H2,1H3,(H,16,17).